The first kappa shape index (κ1) is 11.2. The predicted molar refractivity (Wildman–Crippen MR) is 75.7 cm³/mol. The molecule has 0 saturated heterocycles. The van der Waals surface area contributed by atoms with Crippen molar-refractivity contribution in [1.29, 1.82) is 0 Å². The molecule has 4 heteroatoms. The molecule has 0 atom stereocenters. The summed E-state index contributed by atoms with van der Waals surface area (Å²) >= 11 is 8.27. The van der Waals surface area contributed by atoms with E-state index in [1.54, 1.807) is 0 Å². The van der Waals surface area contributed by atoms with Gasteiger partial charge in [-0.2, -0.15) is 0 Å². The summed E-state index contributed by atoms with van der Waals surface area (Å²) in [5.41, 5.74) is 1.44. The lowest BCUT2D eigenvalue weighted by atomic mass is 9.85. The summed E-state index contributed by atoms with van der Waals surface area (Å²) in [6, 6.07) is 0. The molecule has 18 heavy (non-hydrogen) atoms. The molecular weight excluding hydrogens is 264 g/mol. The van der Waals surface area contributed by atoms with Crippen molar-refractivity contribution in [3.05, 3.63) is 21.4 Å². The van der Waals surface area contributed by atoms with Crippen LogP contribution in [0.3, 0.4) is 0 Å². The van der Waals surface area contributed by atoms with Crippen LogP contribution in [0.2, 0.25) is 5.15 Å². The Kier molecular flexibility index (Phi) is 2.59. The summed E-state index contributed by atoms with van der Waals surface area (Å²) in [6.45, 7) is 0. The summed E-state index contributed by atoms with van der Waals surface area (Å²) < 4.78 is 0. The molecule has 2 aliphatic carbocycles. The van der Waals surface area contributed by atoms with Gasteiger partial charge >= 0.3 is 0 Å². The smallest absolute Gasteiger partial charge is 0.141 e. The highest BCUT2D eigenvalue weighted by Crippen LogP contribution is 2.41. The van der Waals surface area contributed by atoms with Crippen LogP contribution in [0.5, 0.6) is 0 Å². The Morgan fingerprint density at radius 3 is 2.67 bits per heavy atom. The zero-order valence-electron chi connectivity index (χ0n) is 10.2. The van der Waals surface area contributed by atoms with Gasteiger partial charge in [0.2, 0.25) is 0 Å². The van der Waals surface area contributed by atoms with E-state index in [1.165, 1.54) is 49.0 Å². The highest BCUT2D eigenvalue weighted by Gasteiger charge is 2.26. The standard InChI is InChI=1S/C14H15ClN2S/c15-12-11-9-6-1-2-7-10(9)18-14(11)17-13(16-12)8-4-3-5-8/h8H,1-7H2. The minimum atomic E-state index is 0.561. The quantitative estimate of drug-likeness (QED) is 0.718. The van der Waals surface area contributed by atoms with E-state index in [-0.39, 0.29) is 0 Å². The van der Waals surface area contributed by atoms with Crippen LogP contribution in [0.4, 0.5) is 0 Å². The van der Waals surface area contributed by atoms with E-state index in [9.17, 15) is 0 Å². The predicted octanol–water partition coefficient (Wildman–Crippen LogP) is 4.49. The zero-order valence-corrected chi connectivity index (χ0v) is 11.8. The van der Waals surface area contributed by atoms with Crippen LogP contribution in [-0.4, -0.2) is 9.97 Å². The van der Waals surface area contributed by atoms with E-state index in [0.29, 0.717) is 11.1 Å². The lowest BCUT2D eigenvalue weighted by molar-refractivity contribution is 0.402. The monoisotopic (exact) mass is 278 g/mol. The first-order chi connectivity index (χ1) is 8.83. The number of hydrogen-bond acceptors (Lipinski definition) is 3. The molecule has 1 fully saturated rings. The van der Waals surface area contributed by atoms with Gasteiger partial charge in [0.25, 0.3) is 0 Å². The summed E-state index contributed by atoms with van der Waals surface area (Å²) in [6.07, 6.45) is 8.71. The van der Waals surface area contributed by atoms with E-state index >= 15 is 0 Å². The molecule has 94 valence electrons. The van der Waals surface area contributed by atoms with Crippen LogP contribution in [0.1, 0.15) is 54.3 Å². The number of hydrogen-bond donors (Lipinski definition) is 0. The Bertz CT molecular complexity index is 616. The van der Waals surface area contributed by atoms with Gasteiger partial charge in [-0.1, -0.05) is 18.0 Å². The third kappa shape index (κ3) is 1.60. The van der Waals surface area contributed by atoms with Crippen molar-refractivity contribution in [2.75, 3.05) is 0 Å². The average Bonchev–Trinajstić information content (AvgIpc) is 2.64. The number of rotatable bonds is 1. The first-order valence-electron chi connectivity index (χ1n) is 6.80. The molecule has 4 rings (SSSR count). The number of aryl methyl sites for hydroxylation is 2. The van der Waals surface area contributed by atoms with Crippen LogP contribution in [0, 0.1) is 0 Å². The number of thiophene rings is 1. The molecule has 0 N–H and O–H groups in total. The molecule has 0 bridgehead atoms. The van der Waals surface area contributed by atoms with E-state index in [2.05, 4.69) is 4.98 Å². The second kappa shape index (κ2) is 4.17. The highest BCUT2D eigenvalue weighted by atomic mass is 35.5. The van der Waals surface area contributed by atoms with Crippen molar-refractivity contribution in [2.45, 2.75) is 50.9 Å². The maximum atomic E-state index is 6.42. The van der Waals surface area contributed by atoms with Crippen molar-refractivity contribution in [1.82, 2.24) is 9.97 Å². The molecule has 0 aliphatic heterocycles. The van der Waals surface area contributed by atoms with Gasteiger partial charge in [-0.05, 0) is 44.1 Å². The van der Waals surface area contributed by atoms with Crippen LogP contribution < -0.4 is 0 Å². The van der Waals surface area contributed by atoms with E-state index in [0.717, 1.165) is 22.5 Å². The van der Waals surface area contributed by atoms with Gasteiger partial charge < -0.3 is 0 Å². The van der Waals surface area contributed by atoms with Crippen LogP contribution in [0.15, 0.2) is 0 Å². The number of nitrogens with zero attached hydrogens (tertiary/aromatic N) is 2. The fraction of sp³-hybridized carbons (Fsp3) is 0.571. The largest absolute Gasteiger partial charge is 0.222 e. The lowest BCUT2D eigenvalue weighted by Gasteiger charge is -2.23. The summed E-state index contributed by atoms with van der Waals surface area (Å²) in [5.74, 6) is 1.54. The molecule has 2 aliphatic rings. The maximum absolute atomic E-state index is 6.42. The minimum absolute atomic E-state index is 0.561. The van der Waals surface area contributed by atoms with Crippen LogP contribution in [0.25, 0.3) is 10.2 Å². The molecule has 0 spiro atoms. The molecule has 2 nitrogen and oxygen atoms in total. The van der Waals surface area contributed by atoms with Crippen LogP contribution >= 0.6 is 22.9 Å². The second-order valence-corrected chi connectivity index (χ2v) is 6.83. The Labute approximate surface area is 115 Å². The summed E-state index contributed by atoms with van der Waals surface area (Å²) in [4.78, 5) is 12.0. The Balaban J connectivity index is 1.91. The molecule has 2 aromatic rings. The van der Waals surface area contributed by atoms with Gasteiger partial charge in [0, 0.05) is 10.8 Å². The van der Waals surface area contributed by atoms with Gasteiger partial charge in [-0.15, -0.1) is 11.3 Å². The normalized spacial score (nSPS) is 19.8. The molecule has 0 radical (unpaired) electrons. The van der Waals surface area contributed by atoms with Gasteiger partial charge in [0.05, 0.1) is 5.39 Å². The SMILES string of the molecule is Clc1nc(C2CCC2)nc2sc3c(c12)CCCC3. The molecule has 0 unspecified atom stereocenters. The van der Waals surface area contributed by atoms with Crippen LogP contribution in [-0.2, 0) is 12.8 Å². The molecule has 1 saturated carbocycles. The maximum Gasteiger partial charge on any atom is 0.141 e. The van der Waals surface area contributed by atoms with Crippen molar-refractivity contribution in [2.24, 2.45) is 0 Å². The van der Waals surface area contributed by atoms with Crippen molar-refractivity contribution in [3.8, 4) is 0 Å². The molecule has 2 aromatic heterocycles. The van der Waals surface area contributed by atoms with Crippen molar-refractivity contribution in [3.63, 3.8) is 0 Å². The topological polar surface area (TPSA) is 25.8 Å². The molecule has 0 aromatic carbocycles. The van der Waals surface area contributed by atoms with E-state index < -0.39 is 0 Å². The Hall–Kier alpha value is -0.670. The number of halogens is 1. The molecule has 2 heterocycles. The average molecular weight is 279 g/mol. The zero-order chi connectivity index (χ0) is 12.1. The molecule has 0 amide bonds. The fourth-order valence-electron chi connectivity index (χ4n) is 2.98. The Morgan fingerprint density at radius 1 is 1.06 bits per heavy atom. The molecular formula is C14H15ClN2S. The van der Waals surface area contributed by atoms with Gasteiger partial charge in [0.1, 0.15) is 15.8 Å². The van der Waals surface area contributed by atoms with Gasteiger partial charge in [-0.25, -0.2) is 9.97 Å². The number of fused-ring (bicyclic) bond motifs is 3. The highest BCUT2D eigenvalue weighted by molar-refractivity contribution is 7.19. The summed E-state index contributed by atoms with van der Waals surface area (Å²) in [7, 11) is 0. The van der Waals surface area contributed by atoms with E-state index in [1.807, 2.05) is 11.3 Å². The van der Waals surface area contributed by atoms with Gasteiger partial charge in [0.15, 0.2) is 0 Å². The minimum Gasteiger partial charge on any atom is -0.222 e. The van der Waals surface area contributed by atoms with E-state index in [4.69, 9.17) is 16.6 Å². The third-order valence-corrected chi connectivity index (χ3v) is 5.72. The summed E-state index contributed by atoms with van der Waals surface area (Å²) in [5, 5.41) is 1.85. The Morgan fingerprint density at radius 2 is 1.89 bits per heavy atom. The lowest BCUT2D eigenvalue weighted by Crippen LogP contribution is -2.12. The van der Waals surface area contributed by atoms with Crippen molar-refractivity contribution >= 4 is 33.2 Å². The third-order valence-electron chi connectivity index (χ3n) is 4.26. The van der Waals surface area contributed by atoms with Crippen molar-refractivity contribution < 1.29 is 0 Å². The first-order valence-corrected chi connectivity index (χ1v) is 8.00. The number of aromatic nitrogens is 2. The fourth-order valence-corrected chi connectivity index (χ4v) is 4.59. The van der Waals surface area contributed by atoms with Gasteiger partial charge in [-0.3, -0.25) is 0 Å². The second-order valence-electron chi connectivity index (χ2n) is 5.39.